The highest BCUT2D eigenvalue weighted by atomic mass is 16.1. The monoisotopic (exact) mass is 355 g/mol. The van der Waals surface area contributed by atoms with E-state index in [0.717, 1.165) is 29.5 Å². The van der Waals surface area contributed by atoms with Crippen LogP contribution >= 0.6 is 0 Å². The zero-order chi connectivity index (χ0) is 18.6. The van der Waals surface area contributed by atoms with Crippen LogP contribution < -0.4 is 0 Å². The lowest BCUT2D eigenvalue weighted by atomic mass is 9.72. The summed E-state index contributed by atoms with van der Waals surface area (Å²) in [6.45, 7) is 0. The zero-order valence-corrected chi connectivity index (χ0v) is 15.0. The molecule has 27 heavy (non-hydrogen) atoms. The molecule has 2 aromatic carbocycles. The van der Waals surface area contributed by atoms with Gasteiger partial charge in [0.15, 0.2) is 11.6 Å². The average molecular weight is 355 g/mol. The number of pyridine rings is 1. The number of benzene rings is 2. The summed E-state index contributed by atoms with van der Waals surface area (Å²) in [7, 11) is 0. The van der Waals surface area contributed by atoms with Gasteiger partial charge in [0.1, 0.15) is 5.69 Å². The van der Waals surface area contributed by atoms with Gasteiger partial charge in [0.05, 0.1) is 0 Å². The highest BCUT2D eigenvalue weighted by Crippen LogP contribution is 2.38. The number of nitrogens with zero attached hydrogens (tertiary/aromatic N) is 1. The summed E-state index contributed by atoms with van der Waals surface area (Å²) >= 11 is 0. The molecule has 0 radical (unpaired) electrons. The summed E-state index contributed by atoms with van der Waals surface area (Å²) in [4.78, 5) is 30.3. The molecule has 1 heterocycles. The Balaban J connectivity index is 1.67. The number of ketones is 2. The van der Waals surface area contributed by atoms with Gasteiger partial charge in [-0.25, -0.2) is 0 Å². The molecule has 0 saturated carbocycles. The number of hydrogen-bond donors (Lipinski definition) is 0. The molecule has 2 unspecified atom stereocenters. The Hall–Kier alpha value is -3.07. The fourth-order valence-electron chi connectivity index (χ4n) is 4.03. The normalized spacial score (nSPS) is 17.2. The van der Waals surface area contributed by atoms with E-state index in [1.807, 2.05) is 60.7 Å². The predicted octanol–water partition coefficient (Wildman–Crippen LogP) is 4.88. The van der Waals surface area contributed by atoms with Gasteiger partial charge < -0.3 is 0 Å². The van der Waals surface area contributed by atoms with Crippen LogP contribution in [-0.4, -0.2) is 16.6 Å². The minimum atomic E-state index is -0.185. The van der Waals surface area contributed by atoms with Crippen LogP contribution in [0.15, 0.2) is 79.0 Å². The van der Waals surface area contributed by atoms with Crippen molar-refractivity contribution >= 4 is 11.6 Å². The van der Waals surface area contributed by atoms with E-state index in [0.29, 0.717) is 12.1 Å². The van der Waals surface area contributed by atoms with E-state index in [-0.39, 0.29) is 23.4 Å². The van der Waals surface area contributed by atoms with Gasteiger partial charge in [0.25, 0.3) is 0 Å². The minimum Gasteiger partial charge on any atom is -0.294 e. The summed E-state index contributed by atoms with van der Waals surface area (Å²) in [5, 5.41) is 0. The maximum absolute atomic E-state index is 13.2. The summed E-state index contributed by atoms with van der Waals surface area (Å²) in [6, 6.07) is 23.1. The van der Waals surface area contributed by atoms with Gasteiger partial charge in [-0.2, -0.15) is 0 Å². The van der Waals surface area contributed by atoms with Crippen molar-refractivity contribution in [1.82, 2.24) is 4.98 Å². The lowest BCUT2D eigenvalue weighted by Crippen LogP contribution is -2.29. The van der Waals surface area contributed by atoms with Crippen LogP contribution in [0.5, 0.6) is 0 Å². The van der Waals surface area contributed by atoms with E-state index in [1.165, 1.54) is 0 Å². The van der Waals surface area contributed by atoms with Crippen LogP contribution in [0.1, 0.15) is 50.7 Å². The third-order valence-corrected chi connectivity index (χ3v) is 5.41. The van der Waals surface area contributed by atoms with Gasteiger partial charge in [-0.05, 0) is 36.1 Å². The molecule has 0 amide bonds. The summed E-state index contributed by atoms with van der Waals surface area (Å²) in [6.07, 6.45) is 3.56. The number of Topliss-reactive ketones (excluding diaryl/α,β-unsaturated/α-hetero) is 2. The average Bonchev–Trinajstić information content (AvgIpc) is 2.74. The van der Waals surface area contributed by atoms with Crippen molar-refractivity contribution in [3.63, 3.8) is 0 Å². The lowest BCUT2D eigenvalue weighted by Gasteiger charge is -2.30. The molecule has 0 aliphatic heterocycles. The Bertz CT molecular complexity index is 950. The van der Waals surface area contributed by atoms with Gasteiger partial charge in [0.2, 0.25) is 0 Å². The molecule has 1 aliphatic carbocycles. The number of hydrogen-bond acceptors (Lipinski definition) is 3. The van der Waals surface area contributed by atoms with E-state index in [4.69, 9.17) is 0 Å². The SMILES string of the molecule is O=C(CC(c1ccccc1)C1CCc2ccccc2C1=O)c1ccccn1. The Morgan fingerprint density at radius 1 is 0.963 bits per heavy atom. The van der Waals surface area contributed by atoms with Crippen molar-refractivity contribution in [3.05, 3.63) is 101 Å². The molecule has 0 N–H and O–H groups in total. The number of rotatable bonds is 5. The number of aromatic nitrogens is 1. The molecule has 4 rings (SSSR count). The van der Waals surface area contributed by atoms with Gasteiger partial charge in [-0.1, -0.05) is 60.7 Å². The molecule has 2 atom stereocenters. The van der Waals surface area contributed by atoms with Crippen molar-refractivity contribution < 1.29 is 9.59 Å². The molecule has 0 saturated heterocycles. The Labute approximate surface area is 159 Å². The van der Waals surface area contributed by atoms with Gasteiger partial charge in [-0.3, -0.25) is 14.6 Å². The molecule has 1 aromatic heterocycles. The topological polar surface area (TPSA) is 47.0 Å². The second-order valence-electron chi connectivity index (χ2n) is 7.03. The number of aryl methyl sites for hydroxylation is 1. The van der Waals surface area contributed by atoms with Gasteiger partial charge in [-0.15, -0.1) is 0 Å². The van der Waals surface area contributed by atoms with Crippen LogP contribution in [0.3, 0.4) is 0 Å². The third-order valence-electron chi connectivity index (χ3n) is 5.41. The fourth-order valence-corrected chi connectivity index (χ4v) is 4.03. The molecule has 3 aromatic rings. The van der Waals surface area contributed by atoms with Crippen molar-refractivity contribution in [2.24, 2.45) is 5.92 Å². The highest BCUT2D eigenvalue weighted by Gasteiger charge is 2.35. The molecule has 3 heteroatoms. The highest BCUT2D eigenvalue weighted by molar-refractivity contribution is 6.01. The first-order valence-corrected chi connectivity index (χ1v) is 9.35. The summed E-state index contributed by atoms with van der Waals surface area (Å²) in [5.74, 6) is -0.188. The summed E-state index contributed by atoms with van der Waals surface area (Å²) in [5.41, 5.74) is 3.42. The number of carbonyl (C=O) groups excluding carboxylic acids is 2. The standard InChI is InChI=1S/C24H21NO2/c26-23(22-12-6-7-15-25-22)16-21(17-8-2-1-3-9-17)20-14-13-18-10-4-5-11-19(18)24(20)27/h1-12,15,20-21H,13-14,16H2. The molecule has 134 valence electrons. The molecule has 1 aliphatic rings. The lowest BCUT2D eigenvalue weighted by molar-refractivity contribution is 0.0856. The fraction of sp³-hybridized carbons (Fsp3) is 0.208. The van der Waals surface area contributed by atoms with Crippen molar-refractivity contribution in [2.75, 3.05) is 0 Å². The third kappa shape index (κ3) is 3.59. The molecule has 0 bridgehead atoms. The van der Waals surface area contributed by atoms with Crippen LogP contribution in [0.2, 0.25) is 0 Å². The minimum absolute atomic E-state index is 0.0175. The molecule has 3 nitrogen and oxygen atoms in total. The smallest absolute Gasteiger partial charge is 0.181 e. The molecule has 0 fully saturated rings. The van der Waals surface area contributed by atoms with Gasteiger partial charge >= 0.3 is 0 Å². The van der Waals surface area contributed by atoms with Crippen LogP contribution in [0.25, 0.3) is 0 Å². The van der Waals surface area contributed by atoms with Crippen molar-refractivity contribution in [1.29, 1.82) is 0 Å². The summed E-state index contributed by atoms with van der Waals surface area (Å²) < 4.78 is 0. The van der Waals surface area contributed by atoms with E-state index in [1.54, 1.807) is 18.3 Å². The zero-order valence-electron chi connectivity index (χ0n) is 15.0. The largest absolute Gasteiger partial charge is 0.294 e. The Morgan fingerprint density at radius 3 is 2.48 bits per heavy atom. The van der Waals surface area contributed by atoms with E-state index >= 15 is 0 Å². The maximum Gasteiger partial charge on any atom is 0.181 e. The first-order chi connectivity index (χ1) is 13.2. The first kappa shape index (κ1) is 17.3. The second kappa shape index (κ2) is 7.67. The van der Waals surface area contributed by atoms with E-state index in [9.17, 15) is 9.59 Å². The molecular formula is C24H21NO2. The van der Waals surface area contributed by atoms with E-state index in [2.05, 4.69) is 4.98 Å². The van der Waals surface area contributed by atoms with Crippen molar-refractivity contribution in [3.8, 4) is 0 Å². The van der Waals surface area contributed by atoms with Crippen LogP contribution in [-0.2, 0) is 6.42 Å². The predicted molar refractivity (Wildman–Crippen MR) is 105 cm³/mol. The Kier molecular flexibility index (Phi) is 4.93. The second-order valence-corrected chi connectivity index (χ2v) is 7.03. The van der Waals surface area contributed by atoms with Gasteiger partial charge in [0, 0.05) is 30.0 Å². The van der Waals surface area contributed by atoms with Crippen molar-refractivity contribution in [2.45, 2.75) is 25.2 Å². The Morgan fingerprint density at radius 2 is 1.70 bits per heavy atom. The quantitative estimate of drug-likeness (QED) is 0.613. The number of fused-ring (bicyclic) bond motifs is 1. The first-order valence-electron chi connectivity index (χ1n) is 9.35. The maximum atomic E-state index is 13.2. The van der Waals surface area contributed by atoms with E-state index < -0.39 is 0 Å². The molecular weight excluding hydrogens is 334 g/mol. The molecule has 0 spiro atoms. The van der Waals surface area contributed by atoms with Crippen LogP contribution in [0, 0.1) is 5.92 Å². The van der Waals surface area contributed by atoms with Crippen LogP contribution in [0.4, 0.5) is 0 Å². The number of carbonyl (C=O) groups is 2.